The van der Waals surface area contributed by atoms with Crippen LogP contribution < -0.4 is 15.1 Å². The summed E-state index contributed by atoms with van der Waals surface area (Å²) in [7, 11) is 0. The van der Waals surface area contributed by atoms with E-state index in [1.807, 2.05) is 18.2 Å². The quantitative estimate of drug-likeness (QED) is 0.888. The van der Waals surface area contributed by atoms with Crippen LogP contribution in [0.3, 0.4) is 0 Å². The second-order valence-corrected chi connectivity index (χ2v) is 6.68. The molecule has 3 heterocycles. The molecule has 2 aliphatic heterocycles. The Labute approximate surface area is 153 Å². The van der Waals surface area contributed by atoms with Crippen LogP contribution in [0.5, 0.6) is 0 Å². The monoisotopic (exact) mass is 357 g/mol. The van der Waals surface area contributed by atoms with Gasteiger partial charge in [-0.2, -0.15) is 4.98 Å². The number of halogens is 1. The number of hydrogen-bond acceptors (Lipinski definition) is 6. The molecule has 0 spiro atoms. The third kappa shape index (κ3) is 3.88. The van der Waals surface area contributed by atoms with E-state index in [2.05, 4.69) is 25.1 Å². The maximum atomic E-state index is 14.0. The number of para-hydroxylation sites is 1. The molecule has 1 aromatic carbocycles. The van der Waals surface area contributed by atoms with Crippen LogP contribution in [0.2, 0.25) is 0 Å². The highest BCUT2D eigenvalue weighted by molar-refractivity contribution is 5.50. The van der Waals surface area contributed by atoms with Crippen LogP contribution in [0.25, 0.3) is 0 Å². The summed E-state index contributed by atoms with van der Waals surface area (Å²) < 4.78 is 19.6. The third-order valence-corrected chi connectivity index (χ3v) is 4.93. The molecular formula is C19H24FN5O. The van der Waals surface area contributed by atoms with Crippen molar-refractivity contribution in [2.24, 2.45) is 0 Å². The molecule has 2 aliphatic rings. The summed E-state index contributed by atoms with van der Waals surface area (Å²) in [5, 5.41) is 3.35. The van der Waals surface area contributed by atoms with Gasteiger partial charge in [-0.3, -0.25) is 0 Å². The maximum Gasteiger partial charge on any atom is 0.227 e. The Bertz CT molecular complexity index is 729. The van der Waals surface area contributed by atoms with Crippen molar-refractivity contribution in [1.82, 2.24) is 9.97 Å². The van der Waals surface area contributed by atoms with E-state index in [1.54, 1.807) is 12.3 Å². The summed E-state index contributed by atoms with van der Waals surface area (Å²) in [6.07, 6.45) is 4.29. The van der Waals surface area contributed by atoms with Crippen molar-refractivity contribution in [3.63, 3.8) is 0 Å². The lowest BCUT2D eigenvalue weighted by Gasteiger charge is -2.36. The molecule has 0 bridgehead atoms. The van der Waals surface area contributed by atoms with Gasteiger partial charge in [0.1, 0.15) is 11.6 Å². The minimum Gasteiger partial charge on any atom is -0.376 e. The van der Waals surface area contributed by atoms with Crippen molar-refractivity contribution < 1.29 is 9.13 Å². The zero-order valence-corrected chi connectivity index (χ0v) is 14.8. The Balaban J connectivity index is 1.35. The number of nitrogens with zero attached hydrogens (tertiary/aromatic N) is 4. The minimum absolute atomic E-state index is 0.169. The van der Waals surface area contributed by atoms with Gasteiger partial charge in [-0.25, -0.2) is 9.37 Å². The molecule has 26 heavy (non-hydrogen) atoms. The molecule has 6 nitrogen and oxygen atoms in total. The van der Waals surface area contributed by atoms with Crippen molar-refractivity contribution in [2.45, 2.75) is 18.9 Å². The van der Waals surface area contributed by atoms with Gasteiger partial charge >= 0.3 is 0 Å². The summed E-state index contributed by atoms with van der Waals surface area (Å²) in [5.41, 5.74) is 0.667. The molecule has 1 aromatic heterocycles. The van der Waals surface area contributed by atoms with E-state index in [-0.39, 0.29) is 11.9 Å². The first-order chi connectivity index (χ1) is 12.8. The van der Waals surface area contributed by atoms with Crippen molar-refractivity contribution >= 4 is 17.5 Å². The molecule has 0 amide bonds. The van der Waals surface area contributed by atoms with Crippen molar-refractivity contribution in [3.05, 3.63) is 42.3 Å². The third-order valence-electron chi connectivity index (χ3n) is 4.93. The van der Waals surface area contributed by atoms with Crippen LogP contribution in [-0.4, -0.2) is 55.4 Å². The highest BCUT2D eigenvalue weighted by atomic mass is 19.1. The fourth-order valence-electron chi connectivity index (χ4n) is 3.48. The van der Waals surface area contributed by atoms with Gasteiger partial charge in [0.15, 0.2) is 0 Å². The number of ether oxygens (including phenoxy) is 1. The van der Waals surface area contributed by atoms with E-state index in [0.717, 1.165) is 63.9 Å². The first-order valence-electron chi connectivity index (χ1n) is 9.22. The molecule has 4 rings (SSSR count). The van der Waals surface area contributed by atoms with Gasteiger partial charge in [-0.1, -0.05) is 12.1 Å². The smallest absolute Gasteiger partial charge is 0.227 e. The van der Waals surface area contributed by atoms with Gasteiger partial charge in [0.2, 0.25) is 5.95 Å². The molecule has 1 unspecified atom stereocenters. The maximum absolute atomic E-state index is 14.0. The summed E-state index contributed by atoms with van der Waals surface area (Å²) in [5.74, 6) is 1.37. The van der Waals surface area contributed by atoms with Gasteiger partial charge in [-0.05, 0) is 31.0 Å². The second-order valence-electron chi connectivity index (χ2n) is 6.68. The predicted octanol–water partition coefficient (Wildman–Crippen LogP) is 2.53. The first-order valence-corrected chi connectivity index (χ1v) is 9.22. The molecule has 1 atom stereocenters. The lowest BCUT2D eigenvalue weighted by atomic mass is 10.2. The number of nitrogens with one attached hydrogen (secondary N) is 1. The van der Waals surface area contributed by atoms with Gasteiger partial charge in [0.25, 0.3) is 0 Å². The zero-order chi connectivity index (χ0) is 17.8. The van der Waals surface area contributed by atoms with E-state index in [4.69, 9.17) is 4.74 Å². The molecular weight excluding hydrogens is 333 g/mol. The van der Waals surface area contributed by atoms with E-state index in [0.29, 0.717) is 5.69 Å². The molecule has 1 N–H and O–H groups in total. The van der Waals surface area contributed by atoms with Crippen molar-refractivity contribution in [2.75, 3.05) is 54.4 Å². The average molecular weight is 357 g/mol. The number of anilines is 3. The van der Waals surface area contributed by atoms with Crippen LogP contribution in [0, 0.1) is 5.82 Å². The normalized spacial score (nSPS) is 20.4. The zero-order valence-electron chi connectivity index (χ0n) is 14.8. The number of piperazine rings is 1. The molecule has 138 valence electrons. The van der Waals surface area contributed by atoms with Crippen molar-refractivity contribution in [3.8, 4) is 0 Å². The summed E-state index contributed by atoms with van der Waals surface area (Å²) in [6.45, 7) is 4.66. The lowest BCUT2D eigenvalue weighted by Crippen LogP contribution is -2.47. The summed E-state index contributed by atoms with van der Waals surface area (Å²) in [4.78, 5) is 13.3. The van der Waals surface area contributed by atoms with E-state index in [1.165, 1.54) is 6.07 Å². The summed E-state index contributed by atoms with van der Waals surface area (Å²) in [6, 6.07) is 8.81. The Morgan fingerprint density at radius 3 is 2.69 bits per heavy atom. The molecule has 2 saturated heterocycles. The molecule has 2 fully saturated rings. The van der Waals surface area contributed by atoms with E-state index in [9.17, 15) is 4.39 Å². The Morgan fingerprint density at radius 2 is 1.92 bits per heavy atom. The Kier molecular flexibility index (Phi) is 5.15. The highest BCUT2D eigenvalue weighted by Crippen LogP contribution is 2.22. The largest absolute Gasteiger partial charge is 0.376 e. The van der Waals surface area contributed by atoms with Crippen LogP contribution in [0.1, 0.15) is 12.8 Å². The SMILES string of the molecule is Fc1ccccc1N1CCN(c2nccc(NCC3CCCO3)n2)CC1. The standard InChI is InChI=1S/C19H24FN5O/c20-16-5-1-2-6-17(16)24-9-11-25(12-10-24)19-21-8-7-18(23-19)22-14-15-4-3-13-26-15/h1-2,5-8,15H,3-4,9-14H2,(H,21,22,23). The highest BCUT2D eigenvalue weighted by Gasteiger charge is 2.21. The fraction of sp³-hybridized carbons (Fsp3) is 0.474. The van der Waals surface area contributed by atoms with Crippen LogP contribution in [0.15, 0.2) is 36.5 Å². The second kappa shape index (κ2) is 7.86. The number of hydrogen-bond donors (Lipinski definition) is 1. The molecule has 0 aliphatic carbocycles. The first kappa shape index (κ1) is 17.0. The Hall–Kier alpha value is -2.41. The van der Waals surface area contributed by atoms with Gasteiger partial charge in [-0.15, -0.1) is 0 Å². The number of aromatic nitrogens is 2. The van der Waals surface area contributed by atoms with Crippen molar-refractivity contribution in [1.29, 1.82) is 0 Å². The minimum atomic E-state index is -0.169. The molecule has 7 heteroatoms. The van der Waals surface area contributed by atoms with Crippen LogP contribution >= 0.6 is 0 Å². The predicted molar refractivity (Wildman–Crippen MR) is 100 cm³/mol. The van der Waals surface area contributed by atoms with Gasteiger partial charge in [0, 0.05) is 45.5 Å². The van der Waals surface area contributed by atoms with E-state index < -0.39 is 0 Å². The number of benzene rings is 1. The topological polar surface area (TPSA) is 53.5 Å². The van der Waals surface area contributed by atoms with Gasteiger partial charge in [0.05, 0.1) is 11.8 Å². The van der Waals surface area contributed by atoms with Crippen LogP contribution in [0.4, 0.5) is 21.8 Å². The number of rotatable bonds is 5. The Morgan fingerprint density at radius 1 is 1.12 bits per heavy atom. The average Bonchev–Trinajstić information content (AvgIpc) is 3.21. The summed E-state index contributed by atoms with van der Waals surface area (Å²) >= 11 is 0. The van der Waals surface area contributed by atoms with Gasteiger partial charge < -0.3 is 19.9 Å². The molecule has 2 aromatic rings. The fourth-order valence-corrected chi connectivity index (χ4v) is 3.48. The van der Waals surface area contributed by atoms with E-state index >= 15 is 0 Å². The molecule has 0 saturated carbocycles. The lowest BCUT2D eigenvalue weighted by molar-refractivity contribution is 0.120. The van der Waals surface area contributed by atoms with Crippen LogP contribution in [-0.2, 0) is 4.74 Å². The molecule has 0 radical (unpaired) electrons.